The second-order valence-corrected chi connectivity index (χ2v) is 5.09. The number of hydrogen-bond donors (Lipinski definition) is 1. The van der Waals surface area contributed by atoms with Crippen LogP contribution in [0.4, 0.5) is 0 Å². The van der Waals surface area contributed by atoms with E-state index in [0.717, 1.165) is 24.8 Å². The van der Waals surface area contributed by atoms with Gasteiger partial charge in [-0.2, -0.15) is 5.10 Å². The molecule has 1 heterocycles. The molecule has 0 saturated carbocycles. The molecular formula is C15H18N2O. The second kappa shape index (κ2) is 4.58. The van der Waals surface area contributed by atoms with Gasteiger partial charge in [0.05, 0.1) is 12.3 Å². The van der Waals surface area contributed by atoms with Crippen molar-refractivity contribution in [2.45, 2.75) is 31.3 Å². The molecule has 18 heavy (non-hydrogen) atoms. The normalized spacial score (nSPS) is 20.4. The first-order chi connectivity index (χ1) is 8.75. The lowest BCUT2D eigenvalue weighted by molar-refractivity contribution is 0.136. The van der Waals surface area contributed by atoms with E-state index in [-0.39, 0.29) is 5.92 Å². The van der Waals surface area contributed by atoms with Gasteiger partial charge < -0.3 is 5.11 Å². The third kappa shape index (κ3) is 1.95. The maximum absolute atomic E-state index is 10.6. The van der Waals surface area contributed by atoms with Crippen LogP contribution in [0.15, 0.2) is 36.7 Å². The minimum absolute atomic E-state index is 0.208. The lowest BCUT2D eigenvalue weighted by Gasteiger charge is -2.29. The molecule has 2 atom stereocenters. The first kappa shape index (κ1) is 11.5. The number of fused-ring (bicyclic) bond motifs is 1. The fraction of sp³-hybridized carbons (Fsp3) is 0.400. The van der Waals surface area contributed by atoms with E-state index in [1.54, 1.807) is 10.9 Å². The largest absolute Gasteiger partial charge is 0.388 e. The van der Waals surface area contributed by atoms with Crippen molar-refractivity contribution in [2.75, 3.05) is 0 Å². The van der Waals surface area contributed by atoms with Crippen LogP contribution in [0.5, 0.6) is 0 Å². The second-order valence-electron chi connectivity index (χ2n) is 5.09. The van der Waals surface area contributed by atoms with Crippen molar-refractivity contribution in [1.82, 2.24) is 9.78 Å². The standard InChI is InChI=1S/C15H18N2O/c1-17-10-12(9-16-17)15(18)14-8-4-6-11-5-2-3-7-13(11)14/h2-3,5,7,9-10,14-15,18H,4,6,8H2,1H3. The van der Waals surface area contributed by atoms with Crippen LogP contribution in [-0.2, 0) is 13.5 Å². The average Bonchev–Trinajstić information content (AvgIpc) is 2.84. The molecule has 2 aromatic rings. The molecular weight excluding hydrogens is 224 g/mol. The fourth-order valence-electron chi connectivity index (χ4n) is 2.94. The zero-order valence-electron chi connectivity index (χ0n) is 10.6. The van der Waals surface area contributed by atoms with Crippen LogP contribution in [0.25, 0.3) is 0 Å². The Kier molecular flexibility index (Phi) is 2.92. The number of benzene rings is 1. The molecule has 0 amide bonds. The van der Waals surface area contributed by atoms with E-state index >= 15 is 0 Å². The highest BCUT2D eigenvalue weighted by Gasteiger charge is 2.27. The molecule has 3 rings (SSSR count). The zero-order chi connectivity index (χ0) is 12.5. The highest BCUT2D eigenvalue weighted by molar-refractivity contribution is 5.34. The van der Waals surface area contributed by atoms with Gasteiger partial charge in [-0.05, 0) is 30.4 Å². The van der Waals surface area contributed by atoms with E-state index in [1.807, 2.05) is 13.2 Å². The quantitative estimate of drug-likeness (QED) is 0.879. The van der Waals surface area contributed by atoms with Gasteiger partial charge in [0.15, 0.2) is 0 Å². The van der Waals surface area contributed by atoms with Crippen molar-refractivity contribution in [3.05, 3.63) is 53.3 Å². The number of aromatic nitrogens is 2. The lowest BCUT2D eigenvalue weighted by Crippen LogP contribution is -2.16. The molecule has 0 radical (unpaired) electrons. The Balaban J connectivity index is 1.94. The Morgan fingerprint density at radius 3 is 3.00 bits per heavy atom. The molecule has 0 aliphatic heterocycles. The van der Waals surface area contributed by atoms with E-state index in [1.165, 1.54) is 11.1 Å². The van der Waals surface area contributed by atoms with Gasteiger partial charge in [-0.3, -0.25) is 4.68 Å². The van der Waals surface area contributed by atoms with Gasteiger partial charge in [0.25, 0.3) is 0 Å². The van der Waals surface area contributed by atoms with E-state index in [0.29, 0.717) is 0 Å². The molecule has 2 unspecified atom stereocenters. The van der Waals surface area contributed by atoms with E-state index < -0.39 is 6.10 Å². The molecule has 3 nitrogen and oxygen atoms in total. The van der Waals surface area contributed by atoms with Crippen LogP contribution in [-0.4, -0.2) is 14.9 Å². The number of aliphatic hydroxyl groups excluding tert-OH is 1. The summed E-state index contributed by atoms with van der Waals surface area (Å²) in [5.41, 5.74) is 3.61. The molecule has 94 valence electrons. The summed E-state index contributed by atoms with van der Waals surface area (Å²) < 4.78 is 1.74. The fourth-order valence-corrected chi connectivity index (χ4v) is 2.94. The van der Waals surface area contributed by atoms with Crippen molar-refractivity contribution < 1.29 is 5.11 Å². The zero-order valence-corrected chi connectivity index (χ0v) is 10.6. The molecule has 0 spiro atoms. The molecule has 0 fully saturated rings. The topological polar surface area (TPSA) is 38.0 Å². The smallest absolute Gasteiger partial charge is 0.0888 e. The van der Waals surface area contributed by atoms with Gasteiger partial charge in [-0.15, -0.1) is 0 Å². The summed E-state index contributed by atoms with van der Waals surface area (Å²) in [7, 11) is 1.88. The van der Waals surface area contributed by atoms with Crippen molar-refractivity contribution >= 4 is 0 Å². The van der Waals surface area contributed by atoms with Gasteiger partial charge in [0.2, 0.25) is 0 Å². The third-order valence-electron chi connectivity index (χ3n) is 3.86. The Labute approximate surface area is 107 Å². The Bertz CT molecular complexity index is 547. The summed E-state index contributed by atoms with van der Waals surface area (Å²) in [6.07, 6.45) is 6.56. The summed E-state index contributed by atoms with van der Waals surface area (Å²) in [6, 6.07) is 8.47. The van der Waals surface area contributed by atoms with Crippen molar-refractivity contribution in [2.24, 2.45) is 7.05 Å². The first-order valence-corrected chi connectivity index (χ1v) is 6.50. The molecule has 0 bridgehead atoms. The molecule has 0 saturated heterocycles. The molecule has 3 heteroatoms. The SMILES string of the molecule is Cn1cc(C(O)C2CCCc3ccccc32)cn1. The monoisotopic (exact) mass is 242 g/mol. The molecule has 1 N–H and O–H groups in total. The number of rotatable bonds is 2. The van der Waals surface area contributed by atoms with Crippen LogP contribution >= 0.6 is 0 Å². The Morgan fingerprint density at radius 1 is 1.39 bits per heavy atom. The molecule has 1 aromatic heterocycles. The van der Waals surface area contributed by atoms with Gasteiger partial charge in [-0.1, -0.05) is 24.3 Å². The van der Waals surface area contributed by atoms with Gasteiger partial charge in [0, 0.05) is 24.7 Å². The molecule has 1 aliphatic rings. The number of nitrogens with zero attached hydrogens (tertiary/aromatic N) is 2. The van der Waals surface area contributed by atoms with Crippen LogP contribution < -0.4 is 0 Å². The summed E-state index contributed by atoms with van der Waals surface area (Å²) in [4.78, 5) is 0. The number of aryl methyl sites for hydroxylation is 2. The van der Waals surface area contributed by atoms with Crippen molar-refractivity contribution in [3.8, 4) is 0 Å². The van der Waals surface area contributed by atoms with Crippen LogP contribution in [0, 0.1) is 0 Å². The van der Waals surface area contributed by atoms with Crippen molar-refractivity contribution in [1.29, 1.82) is 0 Å². The summed E-state index contributed by atoms with van der Waals surface area (Å²) >= 11 is 0. The number of aliphatic hydroxyl groups is 1. The predicted molar refractivity (Wildman–Crippen MR) is 70.3 cm³/mol. The summed E-state index contributed by atoms with van der Waals surface area (Å²) in [5, 5.41) is 14.7. The van der Waals surface area contributed by atoms with E-state index in [2.05, 4.69) is 29.4 Å². The average molecular weight is 242 g/mol. The van der Waals surface area contributed by atoms with Crippen LogP contribution in [0.3, 0.4) is 0 Å². The Hall–Kier alpha value is -1.61. The molecule has 1 aliphatic carbocycles. The first-order valence-electron chi connectivity index (χ1n) is 6.50. The highest BCUT2D eigenvalue weighted by Crippen LogP contribution is 2.39. The lowest BCUT2D eigenvalue weighted by atomic mass is 9.78. The minimum atomic E-state index is -0.444. The van der Waals surface area contributed by atoms with E-state index in [9.17, 15) is 5.11 Å². The van der Waals surface area contributed by atoms with Gasteiger partial charge in [0.1, 0.15) is 0 Å². The number of hydrogen-bond acceptors (Lipinski definition) is 2. The summed E-state index contributed by atoms with van der Waals surface area (Å²) in [6.45, 7) is 0. The molecule has 1 aromatic carbocycles. The van der Waals surface area contributed by atoms with Crippen molar-refractivity contribution in [3.63, 3.8) is 0 Å². The van der Waals surface area contributed by atoms with Crippen LogP contribution in [0.2, 0.25) is 0 Å². The maximum atomic E-state index is 10.6. The van der Waals surface area contributed by atoms with Crippen LogP contribution in [0.1, 0.15) is 41.6 Å². The highest BCUT2D eigenvalue weighted by atomic mass is 16.3. The minimum Gasteiger partial charge on any atom is -0.388 e. The third-order valence-corrected chi connectivity index (χ3v) is 3.86. The van der Waals surface area contributed by atoms with Gasteiger partial charge in [-0.25, -0.2) is 0 Å². The maximum Gasteiger partial charge on any atom is 0.0888 e. The van der Waals surface area contributed by atoms with E-state index in [4.69, 9.17) is 0 Å². The predicted octanol–water partition coefficient (Wildman–Crippen LogP) is 2.57. The van der Waals surface area contributed by atoms with Gasteiger partial charge >= 0.3 is 0 Å². The Morgan fingerprint density at radius 2 is 2.22 bits per heavy atom. The summed E-state index contributed by atoms with van der Waals surface area (Å²) in [5.74, 6) is 0.208.